The Morgan fingerprint density at radius 2 is 1.90 bits per heavy atom. The number of carbonyl (C=O) groups is 1. The highest BCUT2D eigenvalue weighted by atomic mass is 32.2. The Kier molecular flexibility index (Phi) is 6.48. The number of nitrogens with one attached hydrogen (secondary N) is 2. The van der Waals surface area contributed by atoms with Gasteiger partial charge in [0.15, 0.2) is 5.13 Å². The van der Waals surface area contributed by atoms with Gasteiger partial charge in [-0.3, -0.25) is 14.5 Å². The number of carbonyl (C=O) groups excluding carboxylic acids is 1. The lowest BCUT2D eigenvalue weighted by molar-refractivity contribution is 0.0887. The van der Waals surface area contributed by atoms with E-state index in [2.05, 4.69) is 20.0 Å². The number of thiazole rings is 1. The Hall–Kier alpha value is -2.58. The number of hydrogen-bond donors (Lipinski definition) is 2. The molecule has 162 valence electrons. The summed E-state index contributed by atoms with van der Waals surface area (Å²) in [5.41, 5.74) is 2.86. The Morgan fingerprint density at radius 3 is 2.52 bits per heavy atom. The van der Waals surface area contributed by atoms with Crippen molar-refractivity contribution in [2.75, 3.05) is 4.72 Å². The van der Waals surface area contributed by atoms with E-state index in [0.717, 1.165) is 29.7 Å². The molecule has 2 heterocycles. The predicted molar refractivity (Wildman–Crippen MR) is 126 cm³/mol. The van der Waals surface area contributed by atoms with Crippen LogP contribution in [0.3, 0.4) is 0 Å². The average molecular weight is 455 g/mol. The Bertz CT molecular complexity index is 1060. The zero-order valence-electron chi connectivity index (χ0n) is 17.6. The molecule has 8 heteroatoms. The minimum atomic E-state index is -1.08. The fourth-order valence-electron chi connectivity index (χ4n) is 3.48. The zero-order valence-corrected chi connectivity index (χ0v) is 19.3. The highest BCUT2D eigenvalue weighted by molar-refractivity contribution is 7.87. The Morgan fingerprint density at radius 1 is 1.16 bits per heavy atom. The Balaban J connectivity index is 1.50. The molecule has 2 aromatic heterocycles. The lowest BCUT2D eigenvalue weighted by Crippen LogP contribution is -2.45. The molecule has 4 rings (SSSR count). The van der Waals surface area contributed by atoms with E-state index in [0.29, 0.717) is 23.5 Å². The van der Waals surface area contributed by atoms with Gasteiger partial charge >= 0.3 is 0 Å². The monoisotopic (exact) mass is 454 g/mol. The zero-order chi connectivity index (χ0) is 21.8. The number of anilines is 1. The van der Waals surface area contributed by atoms with E-state index in [-0.39, 0.29) is 11.2 Å². The van der Waals surface area contributed by atoms with Crippen LogP contribution in [0.25, 0.3) is 11.1 Å². The normalized spacial score (nSPS) is 14.8. The molecule has 3 aromatic rings. The van der Waals surface area contributed by atoms with Crippen molar-refractivity contribution >= 4 is 33.4 Å². The molecule has 1 aromatic carbocycles. The molecule has 1 aliphatic carbocycles. The van der Waals surface area contributed by atoms with Crippen LogP contribution in [0.4, 0.5) is 5.13 Å². The number of benzene rings is 1. The molecule has 0 aliphatic heterocycles. The van der Waals surface area contributed by atoms with E-state index in [1.165, 1.54) is 11.3 Å². The smallest absolute Gasteiger partial charge is 0.252 e. The maximum atomic E-state index is 13.1. The summed E-state index contributed by atoms with van der Waals surface area (Å²) in [5.74, 6) is -0.134. The van der Waals surface area contributed by atoms with E-state index in [1.54, 1.807) is 12.4 Å². The van der Waals surface area contributed by atoms with Gasteiger partial charge in [0.1, 0.15) is 11.0 Å². The van der Waals surface area contributed by atoms with Crippen LogP contribution in [0.1, 0.15) is 55.6 Å². The van der Waals surface area contributed by atoms with Crippen LogP contribution in [0.5, 0.6) is 0 Å². The van der Waals surface area contributed by atoms with Gasteiger partial charge in [-0.2, -0.15) is 0 Å². The van der Waals surface area contributed by atoms with Gasteiger partial charge in [0, 0.05) is 23.3 Å². The van der Waals surface area contributed by atoms with Crippen molar-refractivity contribution in [3.8, 4) is 11.1 Å². The topological polar surface area (TPSA) is 84.0 Å². The number of pyridine rings is 1. The van der Waals surface area contributed by atoms with Crippen molar-refractivity contribution < 1.29 is 9.00 Å². The van der Waals surface area contributed by atoms with Gasteiger partial charge in [-0.15, -0.1) is 11.3 Å². The molecule has 1 aliphatic rings. The summed E-state index contributed by atoms with van der Waals surface area (Å²) in [6.45, 7) is 4.09. The van der Waals surface area contributed by atoms with Gasteiger partial charge in [-0.25, -0.2) is 9.19 Å². The van der Waals surface area contributed by atoms with Gasteiger partial charge < -0.3 is 5.32 Å². The number of rotatable bonds is 9. The summed E-state index contributed by atoms with van der Waals surface area (Å²) < 4.78 is 15.2. The molecule has 1 atom stereocenters. The third kappa shape index (κ3) is 4.85. The molecule has 0 radical (unpaired) electrons. The highest BCUT2D eigenvalue weighted by Gasteiger charge is 2.34. The maximum absolute atomic E-state index is 13.1. The van der Waals surface area contributed by atoms with E-state index in [9.17, 15) is 9.00 Å². The minimum Gasteiger partial charge on any atom is -0.341 e. The molecule has 1 fully saturated rings. The fourth-order valence-corrected chi connectivity index (χ4v) is 5.52. The van der Waals surface area contributed by atoms with Crippen LogP contribution >= 0.6 is 11.3 Å². The molecule has 1 amide bonds. The molecule has 0 spiro atoms. The molecule has 1 unspecified atom stereocenters. The third-order valence-corrected chi connectivity index (χ3v) is 8.07. The summed E-state index contributed by atoms with van der Waals surface area (Å²) in [6, 6.07) is 11.4. The SMILES string of the molecule is CCC(CC)(NC(=O)c1ccc(-c2cccnc2)cc1)c1csc(NS(=O)C2CC2)n1. The average Bonchev–Trinajstić information content (AvgIpc) is 3.57. The molecule has 0 bridgehead atoms. The van der Waals surface area contributed by atoms with E-state index < -0.39 is 16.5 Å². The largest absolute Gasteiger partial charge is 0.341 e. The fraction of sp³-hybridized carbons (Fsp3) is 0.348. The quantitative estimate of drug-likeness (QED) is 0.482. The number of amides is 1. The van der Waals surface area contributed by atoms with Crippen LogP contribution in [-0.2, 0) is 16.5 Å². The molecule has 6 nitrogen and oxygen atoms in total. The number of aromatic nitrogens is 2. The minimum absolute atomic E-state index is 0.134. The first kappa shape index (κ1) is 21.6. The van der Waals surface area contributed by atoms with Crippen molar-refractivity contribution in [3.05, 3.63) is 65.4 Å². The van der Waals surface area contributed by atoms with Crippen molar-refractivity contribution in [3.63, 3.8) is 0 Å². The second-order valence-electron chi connectivity index (χ2n) is 7.70. The van der Waals surface area contributed by atoms with Gasteiger partial charge in [-0.1, -0.05) is 32.0 Å². The summed E-state index contributed by atoms with van der Waals surface area (Å²) in [6.07, 6.45) is 6.96. The van der Waals surface area contributed by atoms with Crippen LogP contribution in [0, 0.1) is 0 Å². The second kappa shape index (κ2) is 9.28. The molecule has 31 heavy (non-hydrogen) atoms. The predicted octanol–water partition coefficient (Wildman–Crippen LogP) is 4.89. The van der Waals surface area contributed by atoms with Gasteiger partial charge in [0.2, 0.25) is 0 Å². The number of nitrogens with zero attached hydrogens (tertiary/aromatic N) is 2. The van der Waals surface area contributed by atoms with Crippen LogP contribution in [0.15, 0.2) is 54.2 Å². The summed E-state index contributed by atoms with van der Waals surface area (Å²) in [4.78, 5) is 21.9. The third-order valence-electron chi connectivity index (χ3n) is 5.71. The van der Waals surface area contributed by atoms with E-state index in [1.807, 2.05) is 55.6 Å². The second-order valence-corrected chi connectivity index (χ2v) is 10.0. The maximum Gasteiger partial charge on any atom is 0.252 e. The lowest BCUT2D eigenvalue weighted by atomic mass is 9.89. The summed E-state index contributed by atoms with van der Waals surface area (Å²) >= 11 is 1.43. The number of hydrogen-bond acceptors (Lipinski definition) is 5. The van der Waals surface area contributed by atoms with Gasteiger partial charge in [0.05, 0.1) is 16.5 Å². The van der Waals surface area contributed by atoms with Crippen LogP contribution < -0.4 is 10.0 Å². The van der Waals surface area contributed by atoms with E-state index in [4.69, 9.17) is 0 Å². The first-order chi connectivity index (χ1) is 15.0. The molecular formula is C23H26N4O2S2. The van der Waals surface area contributed by atoms with E-state index >= 15 is 0 Å². The summed E-state index contributed by atoms with van der Waals surface area (Å²) in [7, 11) is -1.08. The van der Waals surface area contributed by atoms with Gasteiger partial charge in [0.25, 0.3) is 5.91 Å². The van der Waals surface area contributed by atoms with Gasteiger partial charge in [-0.05, 0) is 55.0 Å². The lowest BCUT2D eigenvalue weighted by Gasteiger charge is -2.31. The Labute approximate surface area is 189 Å². The van der Waals surface area contributed by atoms with Crippen molar-refractivity contribution in [1.29, 1.82) is 0 Å². The van der Waals surface area contributed by atoms with Crippen LogP contribution in [0.2, 0.25) is 0 Å². The molecular weight excluding hydrogens is 428 g/mol. The molecule has 2 N–H and O–H groups in total. The first-order valence-electron chi connectivity index (χ1n) is 10.5. The summed E-state index contributed by atoms with van der Waals surface area (Å²) in [5, 5.41) is 6.04. The molecule has 0 saturated heterocycles. The van der Waals surface area contributed by atoms with Crippen molar-refractivity contribution in [2.24, 2.45) is 0 Å². The standard InChI is InChI=1S/C23H26N4O2S2/c1-3-23(4-2,20-15-30-22(25-20)27-31(29)19-11-12-19)26-21(28)17-9-7-16(8-10-17)18-6-5-13-24-14-18/h5-10,13-15,19H,3-4,11-12H2,1-2H3,(H,25,27)(H,26,28). The van der Waals surface area contributed by atoms with Crippen LogP contribution in [-0.4, -0.2) is 25.3 Å². The van der Waals surface area contributed by atoms with Crippen molar-refractivity contribution in [2.45, 2.75) is 50.3 Å². The molecule has 1 saturated carbocycles. The van der Waals surface area contributed by atoms with Crippen molar-refractivity contribution in [1.82, 2.24) is 15.3 Å². The highest BCUT2D eigenvalue weighted by Crippen LogP contribution is 2.33. The first-order valence-corrected chi connectivity index (χ1v) is 12.6.